The molecule has 0 spiro atoms. The molecule has 0 fully saturated rings. The maximum atomic E-state index is 13.8. The number of hydrogen-bond donors (Lipinski definition) is 0. The Kier molecular flexibility index (Phi) is 4.46. The zero-order valence-corrected chi connectivity index (χ0v) is 13.4. The first-order valence-electron chi connectivity index (χ1n) is 5.75. The molecule has 0 radical (unpaired) electrons. The quantitative estimate of drug-likeness (QED) is 0.793. The van der Waals surface area contributed by atoms with Crippen molar-refractivity contribution in [3.05, 3.63) is 40.4 Å². The first kappa shape index (κ1) is 16.1. The number of aromatic nitrogens is 2. The number of aryl methyl sites for hydroxylation is 2. The van der Waals surface area contributed by atoms with E-state index in [-0.39, 0.29) is 17.3 Å². The van der Waals surface area contributed by atoms with Gasteiger partial charge in [-0.25, -0.2) is 12.8 Å². The summed E-state index contributed by atoms with van der Waals surface area (Å²) in [6.07, 6.45) is 0. The number of nitrogens with zero attached hydrogens (tertiary/aromatic N) is 2. The van der Waals surface area contributed by atoms with E-state index in [4.69, 9.17) is 27.0 Å². The number of rotatable bonds is 4. The fourth-order valence-electron chi connectivity index (χ4n) is 1.73. The second-order valence-electron chi connectivity index (χ2n) is 4.29. The Hall–Kier alpha value is -1.31. The highest BCUT2D eigenvalue weighted by atomic mass is 35.7. The summed E-state index contributed by atoms with van der Waals surface area (Å²) in [6, 6.07) is 3.16. The molecular weight excluding hydrogens is 342 g/mol. The summed E-state index contributed by atoms with van der Waals surface area (Å²) >= 11 is 6.05. The molecule has 1 heterocycles. The summed E-state index contributed by atoms with van der Waals surface area (Å²) in [5, 5.41) is 4.55. The molecule has 1 aromatic heterocycles. The lowest BCUT2D eigenvalue weighted by Crippen LogP contribution is -2.05. The third-order valence-electron chi connectivity index (χ3n) is 2.81. The molecule has 5 nitrogen and oxygen atoms in total. The summed E-state index contributed by atoms with van der Waals surface area (Å²) in [4.78, 5) is -0.330. The van der Waals surface area contributed by atoms with Gasteiger partial charge in [0.2, 0.25) is 0 Å². The van der Waals surface area contributed by atoms with Crippen LogP contribution in [-0.4, -0.2) is 18.2 Å². The van der Waals surface area contributed by atoms with Gasteiger partial charge in [0.25, 0.3) is 9.05 Å². The molecule has 0 unspecified atom stereocenters. The number of halogens is 3. The van der Waals surface area contributed by atoms with Crippen LogP contribution >= 0.6 is 22.3 Å². The van der Waals surface area contributed by atoms with Gasteiger partial charge in [-0.3, -0.25) is 4.68 Å². The average Bonchev–Trinajstić information content (AvgIpc) is 2.61. The second kappa shape index (κ2) is 5.82. The highest BCUT2D eigenvalue weighted by molar-refractivity contribution is 8.13. The molecule has 0 amide bonds. The van der Waals surface area contributed by atoms with Crippen LogP contribution in [0.3, 0.4) is 0 Å². The monoisotopic (exact) mass is 352 g/mol. The van der Waals surface area contributed by atoms with Crippen LogP contribution < -0.4 is 4.74 Å². The third kappa shape index (κ3) is 3.48. The standard InChI is InChI=1S/C12H11Cl2FN2O3S/c1-7-12(13)10(17(2)16-7)6-20-11-4-3-8(5-9(11)15)21(14,18)19/h3-5H,6H2,1-2H3. The minimum Gasteiger partial charge on any atom is -0.484 e. The van der Waals surface area contributed by atoms with E-state index in [1.54, 1.807) is 14.0 Å². The van der Waals surface area contributed by atoms with Crippen molar-refractivity contribution in [2.24, 2.45) is 7.05 Å². The minimum absolute atomic E-state index is 0.0000645. The van der Waals surface area contributed by atoms with Crippen molar-refractivity contribution < 1.29 is 17.5 Å². The summed E-state index contributed by atoms with van der Waals surface area (Å²) in [7, 11) is 2.85. The van der Waals surface area contributed by atoms with Crippen LogP contribution in [0.1, 0.15) is 11.4 Å². The topological polar surface area (TPSA) is 61.2 Å². The highest BCUT2D eigenvalue weighted by Crippen LogP contribution is 2.25. The maximum absolute atomic E-state index is 13.8. The molecule has 0 saturated heterocycles. The summed E-state index contributed by atoms with van der Waals surface area (Å²) in [5.41, 5.74) is 1.23. The fraction of sp³-hybridized carbons (Fsp3) is 0.250. The van der Waals surface area contributed by atoms with Gasteiger partial charge in [0.15, 0.2) is 11.6 Å². The lowest BCUT2D eigenvalue weighted by molar-refractivity contribution is 0.280. The van der Waals surface area contributed by atoms with E-state index >= 15 is 0 Å². The molecule has 1 aromatic carbocycles. The van der Waals surface area contributed by atoms with E-state index in [1.807, 2.05) is 0 Å². The van der Waals surface area contributed by atoms with E-state index in [9.17, 15) is 12.8 Å². The van der Waals surface area contributed by atoms with Gasteiger partial charge < -0.3 is 4.74 Å². The largest absolute Gasteiger partial charge is 0.484 e. The van der Waals surface area contributed by atoms with Crippen LogP contribution in [-0.2, 0) is 22.7 Å². The average molecular weight is 353 g/mol. The zero-order valence-electron chi connectivity index (χ0n) is 11.1. The molecule has 9 heteroatoms. The highest BCUT2D eigenvalue weighted by Gasteiger charge is 2.16. The van der Waals surface area contributed by atoms with Crippen molar-refractivity contribution in [3.8, 4) is 5.75 Å². The van der Waals surface area contributed by atoms with Crippen molar-refractivity contribution in [1.29, 1.82) is 0 Å². The number of hydrogen-bond acceptors (Lipinski definition) is 4. The van der Waals surface area contributed by atoms with Gasteiger partial charge in [-0.1, -0.05) is 11.6 Å². The Morgan fingerprint density at radius 2 is 2.10 bits per heavy atom. The van der Waals surface area contributed by atoms with Gasteiger partial charge in [-0.2, -0.15) is 5.10 Å². The zero-order chi connectivity index (χ0) is 15.8. The smallest absolute Gasteiger partial charge is 0.261 e. The summed E-state index contributed by atoms with van der Waals surface area (Å²) < 4.78 is 42.8. The molecule has 21 heavy (non-hydrogen) atoms. The molecule has 0 aliphatic carbocycles. The molecule has 0 aliphatic heterocycles. The van der Waals surface area contributed by atoms with E-state index in [1.165, 1.54) is 10.7 Å². The third-order valence-corrected chi connectivity index (χ3v) is 4.65. The molecule has 2 rings (SSSR count). The van der Waals surface area contributed by atoms with Gasteiger partial charge in [0.1, 0.15) is 6.61 Å². The Balaban J connectivity index is 2.21. The van der Waals surface area contributed by atoms with Crippen molar-refractivity contribution >= 4 is 31.3 Å². The fourth-order valence-corrected chi connectivity index (χ4v) is 2.71. The Morgan fingerprint density at radius 3 is 2.57 bits per heavy atom. The maximum Gasteiger partial charge on any atom is 0.261 e. The first-order chi connectivity index (χ1) is 9.70. The molecule has 0 atom stereocenters. The van der Waals surface area contributed by atoms with E-state index in [0.29, 0.717) is 16.4 Å². The van der Waals surface area contributed by atoms with Gasteiger partial charge in [0, 0.05) is 17.7 Å². The molecule has 0 saturated carbocycles. The predicted molar refractivity (Wildman–Crippen MR) is 76.7 cm³/mol. The van der Waals surface area contributed by atoms with E-state index in [2.05, 4.69) is 5.10 Å². The number of ether oxygens (including phenoxy) is 1. The van der Waals surface area contributed by atoms with Gasteiger partial charge in [-0.15, -0.1) is 0 Å². The molecule has 2 aromatic rings. The first-order valence-corrected chi connectivity index (χ1v) is 8.44. The molecule has 0 N–H and O–H groups in total. The molecule has 114 valence electrons. The Morgan fingerprint density at radius 1 is 1.43 bits per heavy atom. The summed E-state index contributed by atoms with van der Waals surface area (Å²) in [6.45, 7) is 1.74. The van der Waals surface area contributed by atoms with Gasteiger partial charge >= 0.3 is 0 Å². The van der Waals surface area contributed by atoms with Crippen LogP contribution in [0.25, 0.3) is 0 Å². The lowest BCUT2D eigenvalue weighted by Gasteiger charge is -2.08. The van der Waals surface area contributed by atoms with E-state index < -0.39 is 14.9 Å². The normalized spacial score (nSPS) is 11.7. The van der Waals surface area contributed by atoms with Crippen molar-refractivity contribution in [3.63, 3.8) is 0 Å². The van der Waals surface area contributed by atoms with Crippen LogP contribution in [0.2, 0.25) is 5.02 Å². The lowest BCUT2D eigenvalue weighted by atomic mass is 10.3. The van der Waals surface area contributed by atoms with Crippen LogP contribution in [0, 0.1) is 12.7 Å². The van der Waals surface area contributed by atoms with Crippen LogP contribution in [0.4, 0.5) is 4.39 Å². The van der Waals surface area contributed by atoms with Crippen LogP contribution in [0.15, 0.2) is 23.1 Å². The number of benzene rings is 1. The SMILES string of the molecule is Cc1nn(C)c(COc2ccc(S(=O)(=O)Cl)cc2F)c1Cl. The van der Waals surface area contributed by atoms with Gasteiger partial charge in [0.05, 0.1) is 21.3 Å². The van der Waals surface area contributed by atoms with E-state index in [0.717, 1.165) is 12.1 Å². The Labute approximate surface area is 130 Å². The molecule has 0 aliphatic rings. The molecule has 0 bridgehead atoms. The minimum atomic E-state index is -3.98. The van der Waals surface area contributed by atoms with Crippen molar-refractivity contribution in [2.45, 2.75) is 18.4 Å². The van der Waals surface area contributed by atoms with Crippen LogP contribution in [0.5, 0.6) is 5.75 Å². The predicted octanol–water partition coefficient (Wildman–Crippen LogP) is 3.03. The van der Waals surface area contributed by atoms with Crippen molar-refractivity contribution in [1.82, 2.24) is 9.78 Å². The second-order valence-corrected chi connectivity index (χ2v) is 7.23. The van der Waals surface area contributed by atoms with Gasteiger partial charge in [-0.05, 0) is 25.1 Å². The molecular formula is C12H11Cl2FN2O3S. The summed E-state index contributed by atoms with van der Waals surface area (Å²) in [5.74, 6) is -0.930. The van der Waals surface area contributed by atoms with Crippen molar-refractivity contribution in [2.75, 3.05) is 0 Å². The Bertz CT molecular complexity index is 790.